The predicted octanol–water partition coefficient (Wildman–Crippen LogP) is 5.16. The van der Waals surface area contributed by atoms with Crippen LogP contribution in [0.25, 0.3) is 0 Å². The van der Waals surface area contributed by atoms with Crippen molar-refractivity contribution in [1.82, 2.24) is 0 Å². The molecule has 0 unspecified atom stereocenters. The van der Waals surface area contributed by atoms with Crippen molar-refractivity contribution in [3.05, 3.63) is 24.3 Å². The number of sulfonamides is 1. The first kappa shape index (κ1) is 23.3. The van der Waals surface area contributed by atoms with Gasteiger partial charge in [-0.05, 0) is 37.5 Å². The highest BCUT2D eigenvalue weighted by Crippen LogP contribution is 2.22. The van der Waals surface area contributed by atoms with Gasteiger partial charge in [-0.3, -0.25) is 9.62 Å². The van der Waals surface area contributed by atoms with E-state index in [1.165, 1.54) is 0 Å². The molecule has 1 aromatic rings. The Hall–Kier alpha value is -1.76. The summed E-state index contributed by atoms with van der Waals surface area (Å²) in [5, 5.41) is 0. The van der Waals surface area contributed by atoms with Crippen LogP contribution in [-0.2, 0) is 14.8 Å². The number of carbonyl (C=O) groups excluding carboxylic acids is 1. The Labute approximate surface area is 164 Å². The van der Waals surface area contributed by atoms with Gasteiger partial charge in [0.25, 0.3) is 0 Å². The minimum Gasteiger partial charge on any atom is -0.449 e. The van der Waals surface area contributed by atoms with Crippen LogP contribution >= 0.6 is 0 Å². The summed E-state index contributed by atoms with van der Waals surface area (Å²) >= 11 is 0. The first-order chi connectivity index (χ1) is 12.9. The molecule has 6 nitrogen and oxygen atoms in total. The van der Waals surface area contributed by atoms with Crippen molar-refractivity contribution in [2.45, 2.75) is 65.7 Å². The number of nitrogens with zero attached hydrogens (tertiary/aromatic N) is 1. The Morgan fingerprint density at radius 1 is 1.04 bits per heavy atom. The van der Waals surface area contributed by atoms with Crippen LogP contribution in [0.15, 0.2) is 24.3 Å². The summed E-state index contributed by atoms with van der Waals surface area (Å²) in [4.78, 5) is 13.9. The van der Waals surface area contributed by atoms with Gasteiger partial charge in [0.2, 0.25) is 10.0 Å². The van der Waals surface area contributed by atoms with E-state index in [4.69, 9.17) is 4.74 Å². The zero-order valence-corrected chi connectivity index (χ0v) is 17.7. The van der Waals surface area contributed by atoms with E-state index >= 15 is 0 Å². The lowest BCUT2D eigenvalue weighted by molar-refractivity contribution is 0.153. The van der Waals surface area contributed by atoms with E-state index in [2.05, 4.69) is 18.6 Å². The maximum atomic E-state index is 12.4. The molecule has 0 spiro atoms. The second kappa shape index (κ2) is 12.6. The number of hydrogen-bond donors (Lipinski definition) is 1. The SMILES string of the molecule is CCCCCCS(=O)(=O)Nc1cccc(N(CCCC)C(=O)OCCC)c1. The van der Waals surface area contributed by atoms with Crippen LogP contribution in [0.2, 0.25) is 0 Å². The highest BCUT2D eigenvalue weighted by molar-refractivity contribution is 7.92. The van der Waals surface area contributed by atoms with Crippen LogP contribution in [-0.4, -0.2) is 33.4 Å². The summed E-state index contributed by atoms with van der Waals surface area (Å²) in [6.07, 6.45) is 5.81. The highest BCUT2D eigenvalue weighted by atomic mass is 32.2. The van der Waals surface area contributed by atoms with Gasteiger partial charge in [-0.1, -0.05) is 52.5 Å². The monoisotopic (exact) mass is 398 g/mol. The third kappa shape index (κ3) is 9.13. The van der Waals surface area contributed by atoms with E-state index in [0.717, 1.165) is 38.5 Å². The molecule has 0 aliphatic rings. The first-order valence-electron chi connectivity index (χ1n) is 9.98. The Morgan fingerprint density at radius 3 is 2.44 bits per heavy atom. The number of benzene rings is 1. The Morgan fingerprint density at radius 2 is 1.78 bits per heavy atom. The number of ether oxygens (including phenoxy) is 1. The molecular weight excluding hydrogens is 364 g/mol. The highest BCUT2D eigenvalue weighted by Gasteiger charge is 2.18. The second-order valence-corrected chi connectivity index (χ2v) is 8.49. The van der Waals surface area contributed by atoms with E-state index in [9.17, 15) is 13.2 Å². The fraction of sp³-hybridized carbons (Fsp3) is 0.650. The second-order valence-electron chi connectivity index (χ2n) is 6.65. The lowest BCUT2D eigenvalue weighted by Gasteiger charge is -2.22. The van der Waals surface area contributed by atoms with E-state index in [1.807, 2.05) is 6.92 Å². The van der Waals surface area contributed by atoms with Crippen LogP contribution in [0.5, 0.6) is 0 Å². The van der Waals surface area contributed by atoms with Gasteiger partial charge in [0, 0.05) is 12.2 Å². The van der Waals surface area contributed by atoms with Crippen molar-refractivity contribution in [2.75, 3.05) is 28.5 Å². The van der Waals surface area contributed by atoms with Gasteiger partial charge in [-0.15, -0.1) is 0 Å². The van der Waals surface area contributed by atoms with Gasteiger partial charge in [0.1, 0.15) is 0 Å². The molecule has 0 heterocycles. The molecular formula is C20H34N2O4S. The van der Waals surface area contributed by atoms with Gasteiger partial charge in [-0.2, -0.15) is 0 Å². The number of hydrogen-bond acceptors (Lipinski definition) is 4. The van der Waals surface area contributed by atoms with E-state index in [1.54, 1.807) is 29.2 Å². The van der Waals surface area contributed by atoms with Gasteiger partial charge in [0.15, 0.2) is 0 Å². The van der Waals surface area contributed by atoms with E-state index in [0.29, 0.717) is 30.9 Å². The summed E-state index contributed by atoms with van der Waals surface area (Å²) < 4.78 is 32.4. The largest absolute Gasteiger partial charge is 0.449 e. The lowest BCUT2D eigenvalue weighted by atomic mass is 10.2. The molecule has 0 aliphatic carbocycles. The molecule has 1 amide bonds. The fourth-order valence-corrected chi connectivity index (χ4v) is 3.77. The maximum absolute atomic E-state index is 12.4. The molecule has 27 heavy (non-hydrogen) atoms. The molecule has 0 radical (unpaired) electrons. The molecule has 0 saturated heterocycles. The number of unbranched alkanes of at least 4 members (excludes halogenated alkanes) is 4. The summed E-state index contributed by atoms with van der Waals surface area (Å²) in [5.74, 6) is 0.106. The molecule has 0 saturated carbocycles. The number of anilines is 2. The first-order valence-corrected chi connectivity index (χ1v) is 11.6. The number of rotatable bonds is 13. The molecule has 0 aromatic heterocycles. The van der Waals surface area contributed by atoms with Crippen LogP contribution in [0.4, 0.5) is 16.2 Å². The van der Waals surface area contributed by atoms with Crippen molar-refractivity contribution < 1.29 is 17.9 Å². The molecule has 7 heteroatoms. The van der Waals surface area contributed by atoms with Crippen LogP contribution in [0, 0.1) is 0 Å². The molecule has 0 aliphatic heterocycles. The van der Waals surface area contributed by atoms with Gasteiger partial charge in [0.05, 0.1) is 18.0 Å². The molecule has 1 aromatic carbocycles. The third-order valence-corrected chi connectivity index (χ3v) is 5.46. The molecule has 0 bridgehead atoms. The van der Waals surface area contributed by atoms with Crippen LogP contribution < -0.4 is 9.62 Å². The molecule has 154 valence electrons. The molecule has 1 rings (SSSR count). The minimum atomic E-state index is -3.39. The molecule has 0 fully saturated rings. The third-order valence-electron chi connectivity index (χ3n) is 4.08. The zero-order valence-electron chi connectivity index (χ0n) is 16.9. The molecule has 0 atom stereocenters. The normalized spacial score (nSPS) is 11.2. The summed E-state index contributed by atoms with van der Waals surface area (Å²) in [7, 11) is -3.39. The average Bonchev–Trinajstić information content (AvgIpc) is 2.64. The van der Waals surface area contributed by atoms with Crippen molar-refractivity contribution in [2.24, 2.45) is 0 Å². The standard InChI is InChI=1S/C20H34N2O4S/c1-4-7-9-10-16-27(24,25)21-18-12-11-13-19(17-18)22(14-8-5-2)20(23)26-15-6-3/h11-13,17,21H,4-10,14-16H2,1-3H3. The zero-order chi connectivity index (χ0) is 20.1. The van der Waals surface area contributed by atoms with E-state index in [-0.39, 0.29) is 5.75 Å². The fourth-order valence-electron chi connectivity index (χ4n) is 2.60. The summed E-state index contributed by atoms with van der Waals surface area (Å²) in [6, 6.07) is 6.92. The average molecular weight is 399 g/mol. The van der Waals surface area contributed by atoms with Crippen molar-refractivity contribution in [3.8, 4) is 0 Å². The van der Waals surface area contributed by atoms with Crippen molar-refractivity contribution in [1.29, 1.82) is 0 Å². The van der Waals surface area contributed by atoms with E-state index < -0.39 is 16.1 Å². The van der Waals surface area contributed by atoms with Crippen molar-refractivity contribution >= 4 is 27.5 Å². The summed E-state index contributed by atoms with van der Waals surface area (Å²) in [5.41, 5.74) is 1.10. The molecule has 1 N–H and O–H groups in total. The van der Waals surface area contributed by atoms with Gasteiger partial charge < -0.3 is 4.74 Å². The van der Waals surface area contributed by atoms with Crippen LogP contribution in [0.1, 0.15) is 65.7 Å². The maximum Gasteiger partial charge on any atom is 0.414 e. The minimum absolute atomic E-state index is 0.106. The Bertz CT molecular complexity index is 662. The van der Waals surface area contributed by atoms with Crippen LogP contribution in [0.3, 0.4) is 0 Å². The summed E-state index contributed by atoms with van der Waals surface area (Å²) in [6.45, 7) is 6.99. The smallest absolute Gasteiger partial charge is 0.414 e. The van der Waals surface area contributed by atoms with Gasteiger partial charge >= 0.3 is 6.09 Å². The topological polar surface area (TPSA) is 75.7 Å². The number of carbonyl (C=O) groups is 1. The Balaban J connectivity index is 2.85. The number of nitrogens with one attached hydrogen (secondary N) is 1. The lowest BCUT2D eigenvalue weighted by Crippen LogP contribution is -2.32. The number of amides is 1. The van der Waals surface area contributed by atoms with Crippen molar-refractivity contribution in [3.63, 3.8) is 0 Å². The quantitative estimate of drug-likeness (QED) is 0.466. The van der Waals surface area contributed by atoms with Gasteiger partial charge in [-0.25, -0.2) is 13.2 Å². The Kier molecular flexibility index (Phi) is 10.9. The predicted molar refractivity (Wildman–Crippen MR) is 112 cm³/mol.